The number of nitrogens with zero attached hydrogens (tertiary/aromatic N) is 6. The number of H-pyrrole nitrogens is 1. The molecular weight excluding hydrogens is 358 g/mol. The number of hydrogen-bond acceptors (Lipinski definition) is 6. The summed E-state index contributed by atoms with van der Waals surface area (Å²) in [5.41, 5.74) is 2.34. The number of rotatable bonds is 5. The summed E-state index contributed by atoms with van der Waals surface area (Å²) in [4.78, 5) is 16.8. The molecule has 0 unspecified atom stereocenters. The molecule has 9 nitrogen and oxygen atoms in total. The van der Waals surface area contributed by atoms with Crippen molar-refractivity contribution in [3.63, 3.8) is 0 Å². The van der Waals surface area contributed by atoms with E-state index in [2.05, 4.69) is 26.9 Å². The summed E-state index contributed by atoms with van der Waals surface area (Å²) in [6.07, 6.45) is 2.05. The van der Waals surface area contributed by atoms with Crippen LogP contribution in [0.25, 0.3) is 0 Å². The van der Waals surface area contributed by atoms with Gasteiger partial charge in [0.1, 0.15) is 11.6 Å². The zero-order chi connectivity index (χ0) is 19.7. The monoisotopic (exact) mass is 389 g/mol. The number of anilines is 1. The molecule has 2 saturated heterocycles. The van der Waals surface area contributed by atoms with Gasteiger partial charge in [0.05, 0.1) is 18.9 Å². The van der Waals surface area contributed by atoms with Crippen LogP contribution in [0.1, 0.15) is 42.8 Å². The quantitative estimate of drug-likeness (QED) is 0.816. The van der Waals surface area contributed by atoms with Crippen LogP contribution >= 0.6 is 0 Å². The van der Waals surface area contributed by atoms with Crippen LogP contribution in [0.3, 0.4) is 0 Å². The molecule has 28 heavy (non-hydrogen) atoms. The van der Waals surface area contributed by atoms with Gasteiger partial charge < -0.3 is 9.64 Å². The molecule has 0 amide bonds. The highest BCUT2D eigenvalue weighted by Gasteiger charge is 2.28. The molecule has 2 aliphatic rings. The van der Waals surface area contributed by atoms with E-state index in [1.165, 1.54) is 11.4 Å². The highest BCUT2D eigenvalue weighted by molar-refractivity contribution is 5.50. The molecule has 2 aliphatic heterocycles. The average molecular weight is 390 g/mol. The SMILES string of the molecule is CCn1c(C2CCN(Cc3c(C)nn(C)c3N3CCOCC3)CC2)n[nH]c1=O. The van der Waals surface area contributed by atoms with Crippen molar-refractivity contribution in [3.8, 4) is 0 Å². The standard InChI is InChI=1S/C19H31N7O2/c1-4-26-17(20-21-19(26)27)15-5-7-24(8-6-15)13-16-14(2)22-23(3)18(16)25-9-11-28-12-10-25/h15H,4-13H2,1-3H3,(H,21,27). The maximum atomic E-state index is 11.9. The zero-order valence-corrected chi connectivity index (χ0v) is 17.1. The van der Waals surface area contributed by atoms with Crippen LogP contribution in [0.2, 0.25) is 0 Å². The molecule has 2 aromatic heterocycles. The van der Waals surface area contributed by atoms with Crippen molar-refractivity contribution in [2.75, 3.05) is 44.3 Å². The number of ether oxygens (including phenoxy) is 1. The number of aromatic nitrogens is 5. The van der Waals surface area contributed by atoms with Crippen LogP contribution in [0, 0.1) is 6.92 Å². The largest absolute Gasteiger partial charge is 0.378 e. The van der Waals surface area contributed by atoms with Gasteiger partial charge in [0.15, 0.2) is 0 Å². The second kappa shape index (κ2) is 8.08. The van der Waals surface area contributed by atoms with E-state index in [1.54, 1.807) is 4.57 Å². The number of aromatic amines is 1. The first-order valence-corrected chi connectivity index (χ1v) is 10.3. The topological polar surface area (TPSA) is 84.2 Å². The number of piperidine rings is 1. The van der Waals surface area contributed by atoms with E-state index in [9.17, 15) is 4.79 Å². The lowest BCUT2D eigenvalue weighted by Gasteiger charge is -2.33. The molecule has 9 heteroatoms. The minimum absolute atomic E-state index is 0.0962. The third kappa shape index (κ3) is 3.60. The lowest BCUT2D eigenvalue weighted by Crippen LogP contribution is -2.39. The van der Waals surface area contributed by atoms with Gasteiger partial charge in [-0.25, -0.2) is 9.89 Å². The van der Waals surface area contributed by atoms with Crippen molar-refractivity contribution in [2.45, 2.75) is 45.7 Å². The summed E-state index contributed by atoms with van der Waals surface area (Å²) in [5, 5.41) is 11.6. The molecule has 154 valence electrons. The predicted octanol–water partition coefficient (Wildman–Crippen LogP) is 0.849. The van der Waals surface area contributed by atoms with Crippen LogP contribution < -0.4 is 10.6 Å². The Morgan fingerprint density at radius 3 is 2.57 bits per heavy atom. The van der Waals surface area contributed by atoms with Crippen molar-refractivity contribution in [2.24, 2.45) is 7.05 Å². The van der Waals surface area contributed by atoms with Gasteiger partial charge >= 0.3 is 5.69 Å². The summed E-state index contributed by atoms with van der Waals surface area (Å²) in [7, 11) is 2.04. The fourth-order valence-electron chi connectivity index (χ4n) is 4.57. The number of nitrogens with one attached hydrogen (secondary N) is 1. The van der Waals surface area contributed by atoms with E-state index < -0.39 is 0 Å². The maximum Gasteiger partial charge on any atom is 0.343 e. The molecule has 4 rings (SSSR count). The van der Waals surface area contributed by atoms with E-state index in [0.29, 0.717) is 12.5 Å². The lowest BCUT2D eigenvalue weighted by atomic mass is 9.95. The molecular formula is C19H31N7O2. The summed E-state index contributed by atoms with van der Waals surface area (Å²) >= 11 is 0. The highest BCUT2D eigenvalue weighted by Crippen LogP contribution is 2.30. The summed E-state index contributed by atoms with van der Waals surface area (Å²) in [5.74, 6) is 2.50. The van der Waals surface area contributed by atoms with E-state index in [4.69, 9.17) is 9.84 Å². The molecule has 0 bridgehead atoms. The molecule has 0 atom stereocenters. The Labute approximate surface area is 165 Å². The van der Waals surface area contributed by atoms with E-state index in [0.717, 1.165) is 70.3 Å². The van der Waals surface area contributed by atoms with Crippen molar-refractivity contribution < 1.29 is 4.74 Å². The molecule has 0 saturated carbocycles. The van der Waals surface area contributed by atoms with Crippen LogP contribution in [0.4, 0.5) is 5.82 Å². The highest BCUT2D eigenvalue weighted by atomic mass is 16.5. The molecule has 0 spiro atoms. The van der Waals surface area contributed by atoms with Gasteiger partial charge in [0.25, 0.3) is 0 Å². The average Bonchev–Trinajstić information content (AvgIpc) is 3.22. The first-order chi connectivity index (χ1) is 13.6. The van der Waals surface area contributed by atoms with Crippen LogP contribution in [0.5, 0.6) is 0 Å². The van der Waals surface area contributed by atoms with Gasteiger partial charge in [0, 0.05) is 44.7 Å². The van der Waals surface area contributed by atoms with Crippen LogP contribution in [0.15, 0.2) is 4.79 Å². The van der Waals surface area contributed by atoms with Crippen molar-refractivity contribution in [3.05, 3.63) is 27.6 Å². The minimum atomic E-state index is -0.0962. The molecule has 0 aliphatic carbocycles. The molecule has 0 aromatic carbocycles. The fourth-order valence-corrected chi connectivity index (χ4v) is 4.57. The predicted molar refractivity (Wildman–Crippen MR) is 107 cm³/mol. The van der Waals surface area contributed by atoms with Gasteiger partial charge in [-0.3, -0.25) is 14.1 Å². The molecule has 4 heterocycles. The van der Waals surface area contributed by atoms with Crippen LogP contribution in [-0.2, 0) is 24.9 Å². The van der Waals surface area contributed by atoms with Gasteiger partial charge in [-0.15, -0.1) is 0 Å². The normalized spacial score (nSPS) is 19.5. The molecule has 2 aromatic rings. The Bertz CT molecular complexity index is 854. The Kier molecular flexibility index (Phi) is 5.54. The Morgan fingerprint density at radius 1 is 1.18 bits per heavy atom. The van der Waals surface area contributed by atoms with Gasteiger partial charge in [-0.2, -0.15) is 10.2 Å². The third-order valence-corrected chi connectivity index (χ3v) is 6.06. The molecule has 2 fully saturated rings. The van der Waals surface area contributed by atoms with Gasteiger partial charge in [-0.05, 0) is 39.8 Å². The van der Waals surface area contributed by atoms with Crippen molar-refractivity contribution >= 4 is 5.82 Å². The van der Waals surface area contributed by atoms with E-state index in [-0.39, 0.29) is 5.69 Å². The molecule has 0 radical (unpaired) electrons. The van der Waals surface area contributed by atoms with Gasteiger partial charge in [-0.1, -0.05) is 0 Å². The Hall–Kier alpha value is -2.13. The van der Waals surface area contributed by atoms with Gasteiger partial charge in [0.2, 0.25) is 0 Å². The number of likely N-dealkylation sites (tertiary alicyclic amines) is 1. The fraction of sp³-hybridized carbons (Fsp3) is 0.737. The smallest absolute Gasteiger partial charge is 0.343 e. The van der Waals surface area contributed by atoms with E-state index in [1.807, 2.05) is 18.7 Å². The first-order valence-electron chi connectivity index (χ1n) is 10.3. The number of aryl methyl sites for hydroxylation is 2. The minimum Gasteiger partial charge on any atom is -0.378 e. The number of hydrogen-bond donors (Lipinski definition) is 1. The summed E-state index contributed by atoms with van der Waals surface area (Å²) in [6.45, 7) is 11.1. The second-order valence-corrected chi connectivity index (χ2v) is 7.79. The summed E-state index contributed by atoms with van der Waals surface area (Å²) in [6, 6.07) is 0. The molecule has 1 N–H and O–H groups in total. The third-order valence-electron chi connectivity index (χ3n) is 6.06. The van der Waals surface area contributed by atoms with Crippen molar-refractivity contribution in [1.82, 2.24) is 29.4 Å². The summed E-state index contributed by atoms with van der Waals surface area (Å²) < 4.78 is 9.30. The van der Waals surface area contributed by atoms with Crippen molar-refractivity contribution in [1.29, 1.82) is 0 Å². The van der Waals surface area contributed by atoms with E-state index >= 15 is 0 Å². The Balaban J connectivity index is 1.44. The lowest BCUT2D eigenvalue weighted by molar-refractivity contribution is 0.122. The van der Waals surface area contributed by atoms with Crippen LogP contribution in [-0.4, -0.2) is 68.8 Å². The first kappa shape index (κ1) is 19.2. The maximum absolute atomic E-state index is 11.9. The zero-order valence-electron chi connectivity index (χ0n) is 17.1. The number of morpholine rings is 1. The Morgan fingerprint density at radius 2 is 1.89 bits per heavy atom. The second-order valence-electron chi connectivity index (χ2n) is 7.79.